The van der Waals surface area contributed by atoms with Gasteiger partial charge in [0.05, 0.1) is 0 Å². The summed E-state index contributed by atoms with van der Waals surface area (Å²) in [6, 6.07) is 37.2. The van der Waals surface area contributed by atoms with E-state index in [2.05, 4.69) is 108 Å². The fourth-order valence-electron chi connectivity index (χ4n) is 5.23. The summed E-state index contributed by atoms with van der Waals surface area (Å²) in [5.41, 5.74) is 13.7. The van der Waals surface area contributed by atoms with Crippen molar-refractivity contribution in [2.75, 3.05) is 0 Å². The predicted octanol–water partition coefficient (Wildman–Crippen LogP) is 5.45. The molecule has 0 heterocycles. The Balaban J connectivity index is 0.000000233. The summed E-state index contributed by atoms with van der Waals surface area (Å²) in [6.45, 7) is 13.3. The normalized spacial score (nSPS) is 11.0. The molecule has 1 aliphatic rings. The molecule has 45 heavy (non-hydrogen) atoms. The molecule has 5 aromatic carbocycles. The molecule has 6 rings (SSSR count). The van der Waals surface area contributed by atoms with Crippen LogP contribution in [-0.2, 0) is 42.5 Å². The Morgan fingerprint density at radius 1 is 0.822 bits per heavy atom. The fourth-order valence-corrected chi connectivity index (χ4v) is 6.37. The van der Waals surface area contributed by atoms with Crippen molar-refractivity contribution in [3.63, 3.8) is 0 Å². The molecule has 0 N–H and O–H groups in total. The summed E-state index contributed by atoms with van der Waals surface area (Å²) >= 11 is 13.3. The maximum absolute atomic E-state index is 5.98. The quantitative estimate of drug-likeness (QED) is 0.211. The molecular formula is C40H40Cl4Zr-2. The molecule has 0 unspecified atom stereocenters. The van der Waals surface area contributed by atoms with Crippen LogP contribution in [0.4, 0.5) is 0 Å². The largest absolute Gasteiger partial charge is 1.00 e. The third-order valence-electron chi connectivity index (χ3n) is 7.54. The van der Waals surface area contributed by atoms with Crippen LogP contribution in [0.5, 0.6) is 0 Å². The van der Waals surface area contributed by atoms with Crippen molar-refractivity contribution in [3.05, 3.63) is 158 Å². The number of hydrogen-bond acceptors (Lipinski definition) is 0. The van der Waals surface area contributed by atoms with Gasteiger partial charge in [0, 0.05) is 0 Å². The molecule has 0 atom stereocenters. The molecule has 0 radical (unpaired) electrons. The van der Waals surface area contributed by atoms with E-state index in [0.717, 1.165) is 27.6 Å². The van der Waals surface area contributed by atoms with E-state index in [1.54, 1.807) is 0 Å². The first-order valence-corrected chi connectivity index (χ1v) is 16.9. The Hall–Kier alpha value is -1.86. The maximum atomic E-state index is 5.98. The molecule has 0 aliphatic heterocycles. The van der Waals surface area contributed by atoms with Crippen LogP contribution in [0.1, 0.15) is 78.6 Å². The van der Waals surface area contributed by atoms with E-state index in [-0.39, 0.29) is 24.8 Å². The standard InChI is InChI=1S/C15H13.C13H8Cl2.C12H19.2ClH.Zr/c1-10-3-5-14-12(7-10)9-13-8-11(2)4-6-15(13)14;14-12-5-1-3-10(8-12)7-11-4-2-6-13(15)9-11;1-5-6-10-7-8-11(9-10)12(2,3)4;;;/h3-7H,9H2,1-2H3;1-6,8-9H;7-9H,5-6H2,1-4H3;2*1H;/q-1;;-1;;;+2/p-2. The number of benzene rings is 4. The van der Waals surface area contributed by atoms with Crippen LogP contribution < -0.4 is 24.8 Å². The third-order valence-corrected chi connectivity index (χ3v) is 9.43. The van der Waals surface area contributed by atoms with E-state index < -0.39 is 0 Å². The van der Waals surface area contributed by atoms with Crippen LogP contribution >= 0.6 is 23.2 Å². The van der Waals surface area contributed by atoms with Gasteiger partial charge in [-0.15, -0.1) is 11.1 Å². The van der Waals surface area contributed by atoms with Gasteiger partial charge in [0.2, 0.25) is 0 Å². The number of hydrogen-bond donors (Lipinski definition) is 0. The molecule has 1 aliphatic carbocycles. The minimum absolute atomic E-state index is 0. The smallest absolute Gasteiger partial charge is 1.00 e. The van der Waals surface area contributed by atoms with Gasteiger partial charge in [0.1, 0.15) is 0 Å². The number of rotatable bonds is 4. The topological polar surface area (TPSA) is 0 Å². The molecule has 0 fully saturated rings. The van der Waals surface area contributed by atoms with Crippen LogP contribution in [-0.4, -0.2) is 3.21 Å². The number of aryl methyl sites for hydroxylation is 3. The molecule has 0 bridgehead atoms. The van der Waals surface area contributed by atoms with E-state index in [1.807, 2.05) is 36.4 Å². The van der Waals surface area contributed by atoms with E-state index >= 15 is 0 Å². The fraction of sp³-hybridized carbons (Fsp3) is 0.250. The van der Waals surface area contributed by atoms with Crippen LogP contribution in [0.15, 0.2) is 97.1 Å². The summed E-state index contributed by atoms with van der Waals surface area (Å²) in [4.78, 5) is 0. The zero-order valence-electron chi connectivity index (χ0n) is 26.9. The number of halogens is 4. The van der Waals surface area contributed by atoms with Crippen molar-refractivity contribution in [1.29, 1.82) is 0 Å². The zero-order valence-corrected chi connectivity index (χ0v) is 32.4. The Kier molecular flexibility index (Phi) is 15.6. The molecule has 0 nitrogen and oxygen atoms in total. The van der Waals surface area contributed by atoms with Crippen LogP contribution in [0.25, 0.3) is 11.1 Å². The van der Waals surface area contributed by atoms with E-state index in [4.69, 9.17) is 23.2 Å². The van der Waals surface area contributed by atoms with E-state index in [0.29, 0.717) is 5.41 Å². The van der Waals surface area contributed by atoms with Crippen LogP contribution in [0, 0.1) is 19.9 Å². The van der Waals surface area contributed by atoms with Gasteiger partial charge in [0.15, 0.2) is 0 Å². The molecule has 0 saturated carbocycles. The SMILES string of the molecule is CCCc1cc(C(C)(C)C)c[cH-]1.Cc1[c-]c2c(cc1)-c1ccc(C)cc1C2.Clc1cccc([C](=[Zr+2])c2cccc(Cl)c2)c1.[Cl-].[Cl-]. The minimum atomic E-state index is 0. The van der Waals surface area contributed by atoms with Gasteiger partial charge >= 0.3 is 120 Å². The minimum Gasteiger partial charge on any atom is -1.00 e. The first kappa shape index (κ1) is 39.3. The molecule has 0 aromatic heterocycles. The van der Waals surface area contributed by atoms with Crippen molar-refractivity contribution in [1.82, 2.24) is 0 Å². The Morgan fingerprint density at radius 3 is 1.96 bits per heavy atom. The molecular weight excluding hydrogens is 713 g/mol. The average molecular weight is 754 g/mol. The average Bonchev–Trinajstić information content (AvgIpc) is 3.57. The molecule has 0 saturated heterocycles. The third kappa shape index (κ3) is 11.1. The Bertz CT molecular complexity index is 1610. The van der Waals surface area contributed by atoms with Crippen molar-refractivity contribution >= 4 is 26.4 Å². The second-order valence-electron chi connectivity index (χ2n) is 12.3. The van der Waals surface area contributed by atoms with E-state index in [1.165, 1.54) is 84.8 Å². The maximum Gasteiger partial charge on any atom is -1.00 e. The van der Waals surface area contributed by atoms with Gasteiger partial charge in [-0.1, -0.05) is 82.2 Å². The molecule has 0 amide bonds. The summed E-state index contributed by atoms with van der Waals surface area (Å²) < 4.78 is 1.26. The van der Waals surface area contributed by atoms with Crippen molar-refractivity contribution in [2.45, 2.75) is 66.2 Å². The van der Waals surface area contributed by atoms with Crippen LogP contribution in [0.2, 0.25) is 10.0 Å². The molecule has 5 aromatic rings. The summed E-state index contributed by atoms with van der Waals surface area (Å²) in [6.07, 6.45) is 3.51. The van der Waals surface area contributed by atoms with Gasteiger partial charge in [-0.2, -0.15) is 47.0 Å². The van der Waals surface area contributed by atoms with Crippen molar-refractivity contribution in [2.24, 2.45) is 0 Å². The van der Waals surface area contributed by atoms with Gasteiger partial charge in [0.25, 0.3) is 0 Å². The Morgan fingerprint density at radius 2 is 1.42 bits per heavy atom. The molecule has 234 valence electrons. The summed E-state index contributed by atoms with van der Waals surface area (Å²) in [5.74, 6) is 0. The number of fused-ring (bicyclic) bond motifs is 3. The second kappa shape index (κ2) is 17.9. The first-order valence-electron chi connectivity index (χ1n) is 14.9. The van der Waals surface area contributed by atoms with Gasteiger partial charge in [-0.3, -0.25) is 0 Å². The monoisotopic (exact) mass is 750 g/mol. The first-order chi connectivity index (χ1) is 20.4. The second-order valence-corrected chi connectivity index (χ2v) is 14.4. The zero-order chi connectivity index (χ0) is 31.1. The Labute approximate surface area is 308 Å². The molecule has 0 spiro atoms. The van der Waals surface area contributed by atoms with Crippen LogP contribution in [0.3, 0.4) is 0 Å². The van der Waals surface area contributed by atoms with Gasteiger partial charge in [-0.05, 0) is 18.9 Å². The summed E-state index contributed by atoms with van der Waals surface area (Å²) in [7, 11) is 0. The van der Waals surface area contributed by atoms with Crippen molar-refractivity contribution in [3.8, 4) is 11.1 Å². The van der Waals surface area contributed by atoms with Gasteiger partial charge in [-0.25, -0.2) is 6.07 Å². The van der Waals surface area contributed by atoms with E-state index in [9.17, 15) is 0 Å². The molecule has 5 heteroatoms. The summed E-state index contributed by atoms with van der Waals surface area (Å²) in [5, 5.41) is 1.53. The van der Waals surface area contributed by atoms with Gasteiger partial charge < -0.3 is 24.8 Å². The van der Waals surface area contributed by atoms with Crippen molar-refractivity contribution < 1.29 is 49.0 Å². The predicted molar refractivity (Wildman–Crippen MR) is 184 cm³/mol.